The van der Waals surface area contributed by atoms with Gasteiger partial charge in [-0.2, -0.15) is 0 Å². The Labute approximate surface area is 161 Å². The van der Waals surface area contributed by atoms with Gasteiger partial charge in [-0.25, -0.2) is 0 Å². The van der Waals surface area contributed by atoms with E-state index in [4.69, 9.17) is 0 Å². The van der Waals surface area contributed by atoms with Crippen LogP contribution in [0.4, 0.5) is 11.4 Å². The van der Waals surface area contributed by atoms with E-state index < -0.39 is 10.8 Å². The van der Waals surface area contributed by atoms with Crippen LogP contribution in [0.5, 0.6) is 0 Å². The van der Waals surface area contributed by atoms with Crippen molar-refractivity contribution in [1.29, 1.82) is 0 Å². The van der Waals surface area contributed by atoms with Gasteiger partial charge in [0, 0.05) is 55.8 Å². The molecule has 0 saturated carbocycles. The Hall–Kier alpha value is -3.33. The highest BCUT2D eigenvalue weighted by Gasteiger charge is 2.34. The van der Waals surface area contributed by atoms with Gasteiger partial charge in [-0.1, -0.05) is 0 Å². The van der Waals surface area contributed by atoms with Gasteiger partial charge in [0.05, 0.1) is 16.2 Å². The molecule has 2 aliphatic rings. The van der Waals surface area contributed by atoms with Crippen molar-refractivity contribution in [3.05, 3.63) is 63.5 Å². The number of pyridine rings is 1. The van der Waals surface area contributed by atoms with Crippen LogP contribution in [0.15, 0.2) is 36.5 Å². The van der Waals surface area contributed by atoms with Gasteiger partial charge >= 0.3 is 0 Å². The Morgan fingerprint density at radius 1 is 1.21 bits per heavy atom. The second kappa shape index (κ2) is 7.01. The summed E-state index contributed by atoms with van der Waals surface area (Å²) in [6.07, 6.45) is 1.47. The van der Waals surface area contributed by atoms with Crippen molar-refractivity contribution >= 4 is 23.2 Å². The molecule has 144 valence electrons. The van der Waals surface area contributed by atoms with Crippen molar-refractivity contribution in [2.24, 2.45) is 0 Å². The van der Waals surface area contributed by atoms with Crippen LogP contribution < -0.4 is 5.32 Å². The zero-order valence-electron chi connectivity index (χ0n) is 15.3. The highest BCUT2D eigenvalue weighted by molar-refractivity contribution is 6.05. The van der Waals surface area contributed by atoms with E-state index >= 15 is 0 Å². The zero-order valence-corrected chi connectivity index (χ0v) is 15.3. The summed E-state index contributed by atoms with van der Waals surface area (Å²) in [6.45, 7) is 2.99. The van der Waals surface area contributed by atoms with Crippen LogP contribution in [0.2, 0.25) is 0 Å². The van der Waals surface area contributed by atoms with Gasteiger partial charge < -0.3 is 15.1 Å². The maximum Gasteiger partial charge on any atom is 0.269 e. The van der Waals surface area contributed by atoms with Crippen molar-refractivity contribution in [3.8, 4) is 0 Å². The topological polar surface area (TPSA) is 109 Å². The number of fused-ring (bicyclic) bond motifs is 1. The summed E-state index contributed by atoms with van der Waals surface area (Å²) in [6, 6.07) is 7.57. The van der Waals surface area contributed by atoms with Crippen LogP contribution in [-0.4, -0.2) is 64.7 Å². The molecule has 9 heteroatoms. The van der Waals surface area contributed by atoms with E-state index in [9.17, 15) is 19.7 Å². The first-order valence-electron chi connectivity index (χ1n) is 8.97. The molecule has 1 fully saturated rings. The molecule has 1 N–H and O–H groups in total. The van der Waals surface area contributed by atoms with Crippen LogP contribution >= 0.6 is 0 Å². The van der Waals surface area contributed by atoms with Crippen molar-refractivity contribution in [2.45, 2.75) is 5.92 Å². The maximum absolute atomic E-state index is 12.6. The Morgan fingerprint density at radius 2 is 1.96 bits per heavy atom. The van der Waals surface area contributed by atoms with Crippen molar-refractivity contribution in [3.63, 3.8) is 0 Å². The summed E-state index contributed by atoms with van der Waals surface area (Å²) < 4.78 is 0. The fourth-order valence-corrected chi connectivity index (χ4v) is 3.55. The molecule has 1 aromatic heterocycles. The summed E-state index contributed by atoms with van der Waals surface area (Å²) in [5, 5.41) is 13.8. The number of aromatic nitrogens is 1. The van der Waals surface area contributed by atoms with Gasteiger partial charge in [0.15, 0.2) is 0 Å². The van der Waals surface area contributed by atoms with Crippen LogP contribution in [0.25, 0.3) is 0 Å². The Kier molecular flexibility index (Phi) is 4.52. The van der Waals surface area contributed by atoms with E-state index in [0.29, 0.717) is 35.6 Å². The summed E-state index contributed by atoms with van der Waals surface area (Å²) in [5.41, 5.74) is 1.89. The molecule has 28 heavy (non-hydrogen) atoms. The average molecular weight is 381 g/mol. The summed E-state index contributed by atoms with van der Waals surface area (Å²) in [7, 11) is 2.02. The lowest BCUT2D eigenvalue weighted by Crippen LogP contribution is -2.47. The van der Waals surface area contributed by atoms with E-state index in [-0.39, 0.29) is 17.5 Å². The molecule has 0 aliphatic carbocycles. The van der Waals surface area contributed by atoms with E-state index in [1.807, 2.05) is 7.05 Å². The number of nitro groups is 1. The molecule has 9 nitrogen and oxygen atoms in total. The number of piperazine rings is 1. The number of nitrogens with one attached hydrogen (secondary N) is 1. The minimum Gasteiger partial charge on any atom is -0.336 e. The van der Waals surface area contributed by atoms with Crippen LogP contribution in [-0.2, 0) is 4.79 Å². The minimum atomic E-state index is -0.734. The molecule has 0 bridgehead atoms. The van der Waals surface area contributed by atoms with Crippen molar-refractivity contribution in [1.82, 2.24) is 14.8 Å². The minimum absolute atomic E-state index is 0.0814. The molecule has 1 aromatic carbocycles. The van der Waals surface area contributed by atoms with Gasteiger partial charge in [0.1, 0.15) is 5.92 Å². The van der Waals surface area contributed by atoms with Gasteiger partial charge in [-0.05, 0) is 25.2 Å². The normalized spacial score (nSPS) is 19.2. The number of carbonyl (C=O) groups excluding carboxylic acids is 2. The van der Waals surface area contributed by atoms with Crippen molar-refractivity contribution in [2.75, 3.05) is 38.5 Å². The Bertz CT molecular complexity index is 951. The van der Waals surface area contributed by atoms with Gasteiger partial charge in [0.25, 0.3) is 11.6 Å². The average Bonchev–Trinajstić information content (AvgIpc) is 3.03. The number of anilines is 1. The molecule has 2 aromatic rings. The molecular weight excluding hydrogens is 362 g/mol. The highest BCUT2D eigenvalue weighted by atomic mass is 16.6. The first-order chi connectivity index (χ1) is 13.4. The van der Waals surface area contributed by atoms with E-state index in [1.165, 1.54) is 24.4 Å². The number of amides is 2. The van der Waals surface area contributed by atoms with E-state index in [2.05, 4.69) is 15.2 Å². The Morgan fingerprint density at radius 3 is 2.61 bits per heavy atom. The highest BCUT2D eigenvalue weighted by Crippen LogP contribution is 2.38. The zero-order chi connectivity index (χ0) is 19.8. The standard InChI is InChI=1S/C19H19N5O4/c1-22-6-8-23(9-7-22)19(26)12-2-4-16(20-11-12)17-14-10-13(24(27)28)3-5-15(14)21-18(17)25/h2-5,10-11,17H,6-9H2,1H3,(H,21,25). The number of benzene rings is 1. The number of hydrogen-bond acceptors (Lipinski definition) is 6. The molecule has 1 saturated heterocycles. The number of hydrogen-bond donors (Lipinski definition) is 1. The monoisotopic (exact) mass is 381 g/mol. The molecule has 0 radical (unpaired) electrons. The fraction of sp³-hybridized carbons (Fsp3) is 0.316. The summed E-state index contributed by atoms with van der Waals surface area (Å²) >= 11 is 0. The fourth-order valence-electron chi connectivity index (χ4n) is 3.55. The SMILES string of the molecule is CN1CCN(C(=O)c2ccc(C3C(=O)Nc4ccc([N+](=O)[O-])cc43)nc2)CC1. The molecule has 2 amide bonds. The lowest BCUT2D eigenvalue weighted by atomic mass is 9.96. The molecule has 2 aliphatic heterocycles. The number of nitrogens with zero attached hydrogens (tertiary/aromatic N) is 4. The molecule has 1 atom stereocenters. The molecule has 1 unspecified atom stereocenters. The lowest BCUT2D eigenvalue weighted by molar-refractivity contribution is -0.384. The van der Waals surface area contributed by atoms with Gasteiger partial charge in [-0.3, -0.25) is 24.7 Å². The molecular formula is C19H19N5O4. The second-order valence-electron chi connectivity index (χ2n) is 7.02. The largest absolute Gasteiger partial charge is 0.336 e. The first-order valence-corrected chi connectivity index (χ1v) is 8.97. The number of non-ortho nitro benzene ring substituents is 1. The quantitative estimate of drug-likeness (QED) is 0.637. The second-order valence-corrected chi connectivity index (χ2v) is 7.02. The molecule has 0 spiro atoms. The van der Waals surface area contributed by atoms with E-state index in [1.54, 1.807) is 17.0 Å². The summed E-state index contributed by atoms with van der Waals surface area (Å²) in [5.74, 6) is -1.11. The molecule has 3 heterocycles. The third-order valence-electron chi connectivity index (χ3n) is 5.20. The Balaban J connectivity index is 1.58. The van der Waals surface area contributed by atoms with Crippen LogP contribution in [0, 0.1) is 10.1 Å². The van der Waals surface area contributed by atoms with Crippen LogP contribution in [0.1, 0.15) is 27.5 Å². The first kappa shape index (κ1) is 18.1. The van der Waals surface area contributed by atoms with Crippen LogP contribution in [0.3, 0.4) is 0 Å². The maximum atomic E-state index is 12.6. The summed E-state index contributed by atoms with van der Waals surface area (Å²) in [4.78, 5) is 43.9. The smallest absolute Gasteiger partial charge is 0.269 e. The van der Waals surface area contributed by atoms with Gasteiger partial charge in [-0.15, -0.1) is 0 Å². The van der Waals surface area contributed by atoms with Crippen molar-refractivity contribution < 1.29 is 14.5 Å². The third-order valence-corrected chi connectivity index (χ3v) is 5.20. The molecule has 4 rings (SSSR count). The number of carbonyl (C=O) groups is 2. The number of rotatable bonds is 3. The number of likely N-dealkylation sites (N-methyl/N-ethyl adjacent to an activating group) is 1. The van der Waals surface area contributed by atoms with Gasteiger partial charge in [0.2, 0.25) is 5.91 Å². The third kappa shape index (κ3) is 3.20. The lowest BCUT2D eigenvalue weighted by Gasteiger charge is -2.32. The predicted octanol–water partition coefficient (Wildman–Crippen LogP) is 1.46. The van der Waals surface area contributed by atoms with E-state index in [0.717, 1.165) is 13.1 Å². The predicted molar refractivity (Wildman–Crippen MR) is 101 cm³/mol. The number of nitro benzene ring substituents is 1.